The van der Waals surface area contributed by atoms with Crippen molar-refractivity contribution >= 4 is 15.9 Å². The van der Waals surface area contributed by atoms with Crippen LogP contribution in [0.15, 0.2) is 36.4 Å². The molecule has 1 heterocycles. The number of ether oxygens (including phenoxy) is 1. The van der Waals surface area contributed by atoms with Crippen LogP contribution < -0.4 is 4.72 Å². The number of nitrogens with zero attached hydrogens (tertiary/aromatic N) is 1. The van der Waals surface area contributed by atoms with Gasteiger partial charge in [-0.05, 0) is 23.8 Å². The molecule has 0 saturated carbocycles. The zero-order valence-electron chi connectivity index (χ0n) is 13.0. The standard InChI is InChI=1S/C16H15F3N2O3S/c17-13-9-11(10-14(18)16(13)19)12-3-1-2-4-15(12)20-25(22,23)21-5-7-24-8-6-21/h1-4,9-10,20H,5-8H2. The van der Waals surface area contributed by atoms with Gasteiger partial charge in [-0.2, -0.15) is 12.7 Å². The van der Waals surface area contributed by atoms with Crippen molar-refractivity contribution in [1.82, 2.24) is 4.31 Å². The maximum Gasteiger partial charge on any atom is 0.301 e. The van der Waals surface area contributed by atoms with Gasteiger partial charge in [0.15, 0.2) is 17.5 Å². The average Bonchev–Trinajstić information content (AvgIpc) is 2.60. The summed E-state index contributed by atoms with van der Waals surface area (Å²) in [7, 11) is -3.85. The summed E-state index contributed by atoms with van der Waals surface area (Å²) in [6.45, 7) is 0.989. The molecule has 3 rings (SSSR count). The van der Waals surface area contributed by atoms with Crippen LogP contribution in [-0.2, 0) is 14.9 Å². The van der Waals surface area contributed by atoms with Crippen LogP contribution in [0, 0.1) is 17.5 Å². The Balaban J connectivity index is 1.96. The van der Waals surface area contributed by atoms with E-state index in [9.17, 15) is 21.6 Å². The largest absolute Gasteiger partial charge is 0.379 e. The Morgan fingerprint density at radius 1 is 1.00 bits per heavy atom. The lowest BCUT2D eigenvalue weighted by Crippen LogP contribution is -2.43. The lowest BCUT2D eigenvalue weighted by atomic mass is 10.0. The molecule has 0 unspecified atom stereocenters. The summed E-state index contributed by atoms with van der Waals surface area (Å²) in [6.07, 6.45) is 0. The molecular weight excluding hydrogens is 357 g/mol. The molecule has 1 aliphatic rings. The first kappa shape index (κ1) is 17.7. The van der Waals surface area contributed by atoms with Crippen LogP contribution in [0.5, 0.6) is 0 Å². The Kier molecular flexibility index (Phi) is 4.98. The number of halogens is 3. The topological polar surface area (TPSA) is 58.6 Å². The quantitative estimate of drug-likeness (QED) is 0.840. The Hall–Kier alpha value is -2.10. The number of nitrogens with one attached hydrogen (secondary N) is 1. The number of hydrogen-bond acceptors (Lipinski definition) is 3. The fraction of sp³-hybridized carbons (Fsp3) is 0.250. The van der Waals surface area contributed by atoms with Gasteiger partial charge in [-0.3, -0.25) is 4.72 Å². The van der Waals surface area contributed by atoms with Gasteiger partial charge in [-0.15, -0.1) is 0 Å². The number of morpholine rings is 1. The van der Waals surface area contributed by atoms with E-state index in [1.807, 2.05) is 0 Å². The first-order valence-electron chi connectivity index (χ1n) is 7.48. The molecular formula is C16H15F3N2O3S. The van der Waals surface area contributed by atoms with Crippen molar-refractivity contribution in [2.24, 2.45) is 0 Å². The lowest BCUT2D eigenvalue weighted by Gasteiger charge is -2.26. The molecule has 0 aliphatic carbocycles. The van der Waals surface area contributed by atoms with Crippen molar-refractivity contribution in [2.75, 3.05) is 31.0 Å². The van der Waals surface area contributed by atoms with Crippen molar-refractivity contribution < 1.29 is 26.3 Å². The van der Waals surface area contributed by atoms with E-state index in [0.717, 1.165) is 12.1 Å². The number of para-hydroxylation sites is 1. The Labute approximate surface area is 143 Å². The molecule has 1 saturated heterocycles. The summed E-state index contributed by atoms with van der Waals surface area (Å²) in [6, 6.07) is 7.76. The highest BCUT2D eigenvalue weighted by molar-refractivity contribution is 7.90. The molecule has 2 aromatic rings. The predicted octanol–water partition coefficient (Wildman–Crippen LogP) is 2.76. The summed E-state index contributed by atoms with van der Waals surface area (Å²) in [5, 5.41) is 0. The van der Waals surface area contributed by atoms with E-state index in [-0.39, 0.29) is 43.1 Å². The molecule has 134 valence electrons. The first-order valence-corrected chi connectivity index (χ1v) is 8.92. The summed E-state index contributed by atoms with van der Waals surface area (Å²) in [5.41, 5.74) is 0.396. The molecule has 2 aromatic carbocycles. The van der Waals surface area contributed by atoms with Crippen LogP contribution in [0.3, 0.4) is 0 Å². The normalized spacial score (nSPS) is 16.0. The van der Waals surface area contributed by atoms with E-state index in [1.165, 1.54) is 16.4 Å². The number of rotatable bonds is 4. The Morgan fingerprint density at radius 2 is 1.60 bits per heavy atom. The molecule has 9 heteroatoms. The van der Waals surface area contributed by atoms with Gasteiger partial charge in [-0.25, -0.2) is 13.2 Å². The van der Waals surface area contributed by atoms with Gasteiger partial charge >= 0.3 is 10.2 Å². The van der Waals surface area contributed by atoms with Gasteiger partial charge in [0.25, 0.3) is 0 Å². The zero-order chi connectivity index (χ0) is 18.0. The molecule has 0 bridgehead atoms. The highest BCUT2D eigenvalue weighted by Crippen LogP contribution is 2.31. The summed E-state index contributed by atoms with van der Waals surface area (Å²) in [5.74, 6) is -4.27. The van der Waals surface area contributed by atoms with E-state index in [4.69, 9.17) is 4.74 Å². The highest BCUT2D eigenvalue weighted by Gasteiger charge is 2.25. The summed E-state index contributed by atoms with van der Waals surface area (Å²) >= 11 is 0. The molecule has 0 atom stereocenters. The highest BCUT2D eigenvalue weighted by atomic mass is 32.2. The van der Waals surface area contributed by atoms with E-state index in [0.29, 0.717) is 0 Å². The van der Waals surface area contributed by atoms with E-state index in [1.54, 1.807) is 12.1 Å². The van der Waals surface area contributed by atoms with Crippen LogP contribution in [0.1, 0.15) is 0 Å². The minimum Gasteiger partial charge on any atom is -0.379 e. The SMILES string of the molecule is O=S(=O)(Nc1ccccc1-c1cc(F)c(F)c(F)c1)N1CCOCC1. The van der Waals surface area contributed by atoms with Crippen LogP contribution >= 0.6 is 0 Å². The third-order valence-electron chi connectivity index (χ3n) is 3.77. The monoisotopic (exact) mass is 372 g/mol. The van der Waals surface area contributed by atoms with Gasteiger partial charge in [-0.1, -0.05) is 18.2 Å². The van der Waals surface area contributed by atoms with Crippen molar-refractivity contribution in [3.63, 3.8) is 0 Å². The molecule has 25 heavy (non-hydrogen) atoms. The zero-order valence-corrected chi connectivity index (χ0v) is 13.8. The minimum absolute atomic E-state index is 0.0247. The Morgan fingerprint density at radius 3 is 2.24 bits per heavy atom. The van der Waals surface area contributed by atoms with Crippen LogP contribution in [-0.4, -0.2) is 39.0 Å². The maximum atomic E-state index is 13.5. The van der Waals surface area contributed by atoms with Gasteiger partial charge in [0, 0.05) is 18.7 Å². The lowest BCUT2D eigenvalue weighted by molar-refractivity contribution is 0.0733. The molecule has 0 amide bonds. The van der Waals surface area contributed by atoms with Gasteiger partial charge in [0.05, 0.1) is 18.9 Å². The third-order valence-corrected chi connectivity index (χ3v) is 5.29. The smallest absolute Gasteiger partial charge is 0.301 e. The van der Waals surface area contributed by atoms with E-state index >= 15 is 0 Å². The summed E-state index contributed by atoms with van der Waals surface area (Å²) in [4.78, 5) is 0. The molecule has 0 spiro atoms. The Bertz CT molecular complexity index is 861. The molecule has 1 aliphatic heterocycles. The minimum atomic E-state index is -3.85. The van der Waals surface area contributed by atoms with Gasteiger partial charge in [0.1, 0.15) is 0 Å². The molecule has 0 radical (unpaired) electrons. The van der Waals surface area contributed by atoms with E-state index < -0.39 is 27.7 Å². The molecule has 1 fully saturated rings. The first-order chi connectivity index (χ1) is 11.9. The number of hydrogen-bond donors (Lipinski definition) is 1. The number of benzene rings is 2. The second-order valence-corrected chi connectivity index (χ2v) is 7.09. The van der Waals surface area contributed by atoms with Crippen molar-refractivity contribution in [3.8, 4) is 11.1 Å². The molecule has 0 aromatic heterocycles. The van der Waals surface area contributed by atoms with Crippen LogP contribution in [0.2, 0.25) is 0 Å². The van der Waals surface area contributed by atoms with Gasteiger partial charge < -0.3 is 4.74 Å². The fourth-order valence-corrected chi connectivity index (χ4v) is 3.74. The van der Waals surface area contributed by atoms with E-state index in [2.05, 4.69) is 4.72 Å². The van der Waals surface area contributed by atoms with Gasteiger partial charge in [0.2, 0.25) is 0 Å². The van der Waals surface area contributed by atoms with Crippen molar-refractivity contribution in [3.05, 3.63) is 53.8 Å². The van der Waals surface area contributed by atoms with Crippen molar-refractivity contribution in [2.45, 2.75) is 0 Å². The fourth-order valence-electron chi connectivity index (χ4n) is 2.53. The summed E-state index contributed by atoms with van der Waals surface area (Å²) < 4.78 is 73.9. The third kappa shape index (κ3) is 3.78. The number of anilines is 1. The predicted molar refractivity (Wildman–Crippen MR) is 86.7 cm³/mol. The van der Waals surface area contributed by atoms with Crippen molar-refractivity contribution in [1.29, 1.82) is 0 Å². The maximum absolute atomic E-state index is 13.5. The van der Waals surface area contributed by atoms with Crippen LogP contribution in [0.4, 0.5) is 18.9 Å². The second-order valence-electron chi connectivity index (χ2n) is 5.42. The van der Waals surface area contributed by atoms with Crippen LogP contribution in [0.25, 0.3) is 11.1 Å². The molecule has 5 nitrogen and oxygen atoms in total. The molecule has 1 N–H and O–H groups in total. The average molecular weight is 372 g/mol. The second kappa shape index (κ2) is 7.03.